The Kier molecular flexibility index (Phi) is 5.02. The van der Waals surface area contributed by atoms with Crippen molar-refractivity contribution in [2.75, 3.05) is 31.6 Å². The van der Waals surface area contributed by atoms with Crippen molar-refractivity contribution in [3.05, 3.63) is 0 Å². The molecule has 0 radical (unpaired) electrons. The summed E-state index contributed by atoms with van der Waals surface area (Å²) in [5.41, 5.74) is 5.26. The van der Waals surface area contributed by atoms with Crippen LogP contribution in [0.25, 0.3) is 0 Å². The van der Waals surface area contributed by atoms with E-state index in [0.717, 1.165) is 19.4 Å². The van der Waals surface area contributed by atoms with Crippen molar-refractivity contribution < 1.29 is 8.42 Å². The Balaban J connectivity index is 2.35. The van der Waals surface area contributed by atoms with Crippen LogP contribution < -0.4 is 5.73 Å². The molecule has 0 bridgehead atoms. The number of rotatable bonds is 5. The van der Waals surface area contributed by atoms with Crippen LogP contribution in [0.15, 0.2) is 0 Å². The highest BCUT2D eigenvalue weighted by Crippen LogP contribution is 2.18. The van der Waals surface area contributed by atoms with Gasteiger partial charge in [-0.2, -0.15) is 0 Å². The molecule has 1 fully saturated rings. The molecular weight excluding hydrogens is 212 g/mol. The summed E-state index contributed by atoms with van der Waals surface area (Å²) >= 11 is 0. The van der Waals surface area contributed by atoms with Gasteiger partial charge in [0.1, 0.15) is 0 Å². The first-order chi connectivity index (χ1) is 7.05. The Morgan fingerprint density at radius 1 is 1.33 bits per heavy atom. The minimum Gasteiger partial charge on any atom is -0.329 e. The van der Waals surface area contributed by atoms with Gasteiger partial charge in [0.05, 0.1) is 11.5 Å². The predicted molar refractivity (Wildman–Crippen MR) is 62.6 cm³/mol. The van der Waals surface area contributed by atoms with Crippen LogP contribution in [0.1, 0.15) is 25.7 Å². The maximum atomic E-state index is 11.5. The first-order valence-corrected chi connectivity index (χ1v) is 7.48. The lowest BCUT2D eigenvalue weighted by atomic mass is 10.0. The number of nitrogens with two attached hydrogens (primary N) is 1. The van der Waals surface area contributed by atoms with Crippen LogP contribution in [-0.2, 0) is 9.84 Å². The van der Waals surface area contributed by atoms with E-state index in [0.29, 0.717) is 11.8 Å². The van der Waals surface area contributed by atoms with Crippen LogP contribution in [0.5, 0.6) is 0 Å². The van der Waals surface area contributed by atoms with Gasteiger partial charge in [-0.05, 0) is 32.9 Å². The lowest BCUT2D eigenvalue weighted by Crippen LogP contribution is -2.37. The molecule has 5 heteroatoms. The number of sulfone groups is 1. The first-order valence-electron chi connectivity index (χ1n) is 5.66. The van der Waals surface area contributed by atoms with E-state index in [4.69, 9.17) is 5.73 Å². The molecule has 1 aliphatic rings. The van der Waals surface area contributed by atoms with Crippen molar-refractivity contribution in [1.29, 1.82) is 0 Å². The third-order valence-electron chi connectivity index (χ3n) is 3.11. The molecule has 1 unspecified atom stereocenters. The predicted octanol–water partition coefficient (Wildman–Crippen LogP) is 0.234. The summed E-state index contributed by atoms with van der Waals surface area (Å²) in [4.78, 5) is 2.28. The molecule has 1 atom stereocenters. The van der Waals surface area contributed by atoms with Crippen molar-refractivity contribution in [1.82, 2.24) is 4.90 Å². The summed E-state index contributed by atoms with van der Waals surface area (Å²) in [5.74, 6) is 0.419. The zero-order chi connectivity index (χ0) is 11.3. The number of hydrogen-bond donors (Lipinski definition) is 1. The monoisotopic (exact) mass is 234 g/mol. The maximum Gasteiger partial charge on any atom is 0.151 e. The summed E-state index contributed by atoms with van der Waals surface area (Å²) in [7, 11) is -0.823. The van der Waals surface area contributed by atoms with E-state index in [1.807, 2.05) is 0 Å². The Bertz CT molecular complexity index is 277. The molecule has 90 valence electrons. The molecule has 0 aliphatic carbocycles. The van der Waals surface area contributed by atoms with Crippen molar-refractivity contribution in [3.8, 4) is 0 Å². The van der Waals surface area contributed by atoms with E-state index in [2.05, 4.69) is 11.9 Å². The summed E-state index contributed by atoms with van der Waals surface area (Å²) in [5, 5.41) is 0. The van der Waals surface area contributed by atoms with Gasteiger partial charge in [-0.3, -0.25) is 0 Å². The summed E-state index contributed by atoms with van der Waals surface area (Å²) < 4.78 is 23.0. The van der Waals surface area contributed by atoms with Crippen LogP contribution in [0.4, 0.5) is 0 Å². The largest absolute Gasteiger partial charge is 0.329 e. The van der Waals surface area contributed by atoms with Crippen LogP contribution in [0, 0.1) is 0 Å². The molecule has 4 nitrogen and oxygen atoms in total. The number of nitrogens with zero attached hydrogens (tertiary/aromatic N) is 1. The number of hydrogen-bond acceptors (Lipinski definition) is 4. The second-order valence-corrected chi connectivity index (χ2v) is 6.66. The van der Waals surface area contributed by atoms with Crippen molar-refractivity contribution in [2.24, 2.45) is 5.73 Å². The standard InChI is InChI=1S/C10H22N2O2S/c1-12-7-3-2-4-10(12)5-8-15(13,14)9-6-11/h10H,2-9,11H2,1H3. The second kappa shape index (κ2) is 5.82. The van der Waals surface area contributed by atoms with E-state index >= 15 is 0 Å². The van der Waals surface area contributed by atoms with Gasteiger partial charge in [-0.25, -0.2) is 8.42 Å². The van der Waals surface area contributed by atoms with Gasteiger partial charge >= 0.3 is 0 Å². The topological polar surface area (TPSA) is 63.4 Å². The second-order valence-electron chi connectivity index (χ2n) is 4.36. The third kappa shape index (κ3) is 4.49. The molecule has 0 saturated carbocycles. The van der Waals surface area contributed by atoms with Crippen molar-refractivity contribution in [2.45, 2.75) is 31.7 Å². The van der Waals surface area contributed by atoms with Gasteiger partial charge < -0.3 is 10.6 Å². The average Bonchev–Trinajstić information content (AvgIpc) is 2.16. The highest BCUT2D eigenvalue weighted by atomic mass is 32.2. The first kappa shape index (κ1) is 12.9. The molecule has 0 aromatic rings. The van der Waals surface area contributed by atoms with Crippen LogP contribution in [0.3, 0.4) is 0 Å². The molecule has 0 aromatic heterocycles. The van der Waals surface area contributed by atoms with E-state index < -0.39 is 9.84 Å². The lowest BCUT2D eigenvalue weighted by molar-refractivity contribution is 0.181. The average molecular weight is 234 g/mol. The molecular formula is C10H22N2O2S. The van der Waals surface area contributed by atoms with Gasteiger partial charge in [0, 0.05) is 12.6 Å². The molecule has 2 N–H and O–H groups in total. The van der Waals surface area contributed by atoms with Crippen LogP contribution in [0.2, 0.25) is 0 Å². The highest BCUT2D eigenvalue weighted by molar-refractivity contribution is 7.91. The van der Waals surface area contributed by atoms with E-state index in [9.17, 15) is 8.42 Å². The molecule has 15 heavy (non-hydrogen) atoms. The van der Waals surface area contributed by atoms with Gasteiger partial charge in [0.2, 0.25) is 0 Å². The zero-order valence-electron chi connectivity index (χ0n) is 9.48. The zero-order valence-corrected chi connectivity index (χ0v) is 10.3. The fourth-order valence-corrected chi connectivity index (χ4v) is 3.30. The normalized spacial score (nSPS) is 24.3. The SMILES string of the molecule is CN1CCCCC1CCS(=O)(=O)CCN. The summed E-state index contributed by atoms with van der Waals surface area (Å²) in [6.45, 7) is 1.34. The van der Waals surface area contributed by atoms with Gasteiger partial charge in [-0.15, -0.1) is 0 Å². The Hall–Kier alpha value is -0.130. The van der Waals surface area contributed by atoms with Gasteiger partial charge in [0.15, 0.2) is 9.84 Å². The smallest absolute Gasteiger partial charge is 0.151 e. The third-order valence-corrected chi connectivity index (χ3v) is 4.83. The van der Waals surface area contributed by atoms with Crippen molar-refractivity contribution in [3.63, 3.8) is 0 Å². The maximum absolute atomic E-state index is 11.5. The van der Waals surface area contributed by atoms with E-state index in [1.54, 1.807) is 0 Å². The summed E-state index contributed by atoms with van der Waals surface area (Å²) in [6.07, 6.45) is 4.36. The molecule has 1 saturated heterocycles. The number of piperidine rings is 1. The molecule has 0 aromatic carbocycles. The number of likely N-dealkylation sites (tertiary alicyclic amines) is 1. The molecule has 1 aliphatic heterocycles. The Labute approximate surface area is 92.7 Å². The molecule has 1 rings (SSSR count). The minimum absolute atomic E-state index is 0.128. The highest BCUT2D eigenvalue weighted by Gasteiger charge is 2.21. The summed E-state index contributed by atoms with van der Waals surface area (Å²) in [6, 6.07) is 0.450. The fraction of sp³-hybridized carbons (Fsp3) is 1.00. The lowest BCUT2D eigenvalue weighted by Gasteiger charge is -2.32. The van der Waals surface area contributed by atoms with E-state index in [1.165, 1.54) is 12.8 Å². The van der Waals surface area contributed by atoms with Crippen LogP contribution in [-0.4, -0.2) is 51.0 Å². The fourth-order valence-electron chi connectivity index (χ4n) is 2.11. The Morgan fingerprint density at radius 3 is 2.67 bits per heavy atom. The van der Waals surface area contributed by atoms with Crippen molar-refractivity contribution >= 4 is 9.84 Å². The molecule has 1 heterocycles. The van der Waals surface area contributed by atoms with Gasteiger partial charge in [0.25, 0.3) is 0 Å². The quantitative estimate of drug-likeness (QED) is 0.740. The molecule has 0 amide bonds. The molecule has 0 spiro atoms. The van der Waals surface area contributed by atoms with Crippen LogP contribution >= 0.6 is 0 Å². The Morgan fingerprint density at radius 2 is 2.07 bits per heavy atom. The van der Waals surface area contributed by atoms with Gasteiger partial charge in [-0.1, -0.05) is 6.42 Å². The minimum atomic E-state index is -2.91. The van der Waals surface area contributed by atoms with E-state index in [-0.39, 0.29) is 12.3 Å².